The first-order valence-electron chi connectivity index (χ1n) is 5.64. The zero-order valence-electron chi connectivity index (χ0n) is 9.70. The molecule has 0 N–H and O–H groups in total. The van der Waals surface area contributed by atoms with Crippen molar-refractivity contribution in [2.45, 2.75) is 12.5 Å². The molecule has 0 spiro atoms. The minimum absolute atomic E-state index is 0.0213. The molecular weight excluding hydrogens is 238 g/mol. The van der Waals surface area contributed by atoms with Gasteiger partial charge in [0.15, 0.2) is 5.78 Å². The van der Waals surface area contributed by atoms with Crippen molar-refractivity contribution in [2.24, 2.45) is 0 Å². The van der Waals surface area contributed by atoms with Gasteiger partial charge in [-0.05, 0) is 18.6 Å². The fraction of sp³-hybridized carbons (Fsp3) is 0.417. The monoisotopic (exact) mass is 251 g/mol. The van der Waals surface area contributed by atoms with Crippen molar-refractivity contribution >= 4 is 11.5 Å². The van der Waals surface area contributed by atoms with Crippen molar-refractivity contribution in [1.29, 1.82) is 0 Å². The first kappa shape index (κ1) is 12.7. The predicted molar refractivity (Wildman–Crippen MR) is 62.6 cm³/mol. The van der Waals surface area contributed by atoms with Gasteiger partial charge in [0.05, 0.1) is 17.6 Å². The van der Waals surface area contributed by atoms with Crippen LogP contribution in [-0.4, -0.2) is 36.6 Å². The third-order valence-electron chi connectivity index (χ3n) is 2.74. The Morgan fingerprint density at radius 3 is 2.72 bits per heavy atom. The standard InChI is InChI=1S/C12H13NO5/c14-12(8-18-11-5-6-17-7-11)9-1-3-10(4-2-9)13(15)16/h1-4,11H,5-8H2. The smallest absolute Gasteiger partial charge is 0.269 e. The molecule has 0 aliphatic carbocycles. The first-order valence-corrected chi connectivity index (χ1v) is 5.64. The molecule has 0 saturated carbocycles. The minimum atomic E-state index is -0.499. The van der Waals surface area contributed by atoms with Gasteiger partial charge in [-0.15, -0.1) is 0 Å². The summed E-state index contributed by atoms with van der Waals surface area (Å²) in [6, 6.07) is 5.50. The van der Waals surface area contributed by atoms with Crippen LogP contribution in [0.15, 0.2) is 24.3 Å². The topological polar surface area (TPSA) is 78.7 Å². The van der Waals surface area contributed by atoms with Crippen molar-refractivity contribution < 1.29 is 19.2 Å². The number of nitro groups is 1. The number of benzene rings is 1. The van der Waals surface area contributed by atoms with Crippen LogP contribution in [0, 0.1) is 10.1 Å². The van der Waals surface area contributed by atoms with E-state index in [0.717, 1.165) is 6.42 Å². The average molecular weight is 251 g/mol. The summed E-state index contributed by atoms with van der Waals surface area (Å²) in [5.41, 5.74) is 0.385. The molecule has 2 rings (SSSR count). The second-order valence-electron chi connectivity index (χ2n) is 4.02. The van der Waals surface area contributed by atoms with Gasteiger partial charge in [-0.1, -0.05) is 0 Å². The van der Waals surface area contributed by atoms with Crippen molar-refractivity contribution in [3.63, 3.8) is 0 Å². The molecule has 1 heterocycles. The van der Waals surface area contributed by atoms with E-state index in [1.165, 1.54) is 24.3 Å². The number of Topliss-reactive ketones (excluding diaryl/α,β-unsaturated/α-hetero) is 1. The second-order valence-corrected chi connectivity index (χ2v) is 4.02. The first-order chi connectivity index (χ1) is 8.66. The maximum Gasteiger partial charge on any atom is 0.269 e. The number of ketones is 1. The zero-order chi connectivity index (χ0) is 13.0. The summed E-state index contributed by atoms with van der Waals surface area (Å²) in [6.07, 6.45) is 0.778. The van der Waals surface area contributed by atoms with E-state index in [1.54, 1.807) is 0 Å². The highest BCUT2D eigenvalue weighted by atomic mass is 16.6. The molecule has 1 aromatic carbocycles. The van der Waals surface area contributed by atoms with E-state index in [-0.39, 0.29) is 24.2 Å². The lowest BCUT2D eigenvalue weighted by atomic mass is 10.1. The van der Waals surface area contributed by atoms with Crippen LogP contribution < -0.4 is 0 Å². The molecule has 1 aromatic rings. The van der Waals surface area contributed by atoms with Gasteiger partial charge in [0, 0.05) is 24.3 Å². The maximum atomic E-state index is 11.7. The van der Waals surface area contributed by atoms with Gasteiger partial charge in [0.25, 0.3) is 5.69 Å². The fourth-order valence-electron chi connectivity index (χ4n) is 1.69. The van der Waals surface area contributed by atoms with Gasteiger partial charge < -0.3 is 9.47 Å². The van der Waals surface area contributed by atoms with E-state index in [4.69, 9.17) is 9.47 Å². The van der Waals surface area contributed by atoms with Crippen LogP contribution in [0.3, 0.4) is 0 Å². The molecule has 1 unspecified atom stereocenters. The molecule has 1 aliphatic rings. The van der Waals surface area contributed by atoms with Crippen LogP contribution >= 0.6 is 0 Å². The summed E-state index contributed by atoms with van der Waals surface area (Å²) in [4.78, 5) is 21.7. The highest BCUT2D eigenvalue weighted by molar-refractivity contribution is 5.97. The summed E-state index contributed by atoms with van der Waals surface area (Å²) in [6.45, 7) is 1.16. The van der Waals surface area contributed by atoms with Crippen molar-refractivity contribution in [2.75, 3.05) is 19.8 Å². The highest BCUT2D eigenvalue weighted by Gasteiger charge is 2.18. The Morgan fingerprint density at radius 2 is 2.17 bits per heavy atom. The van der Waals surface area contributed by atoms with Gasteiger partial charge in [0.1, 0.15) is 6.61 Å². The second kappa shape index (κ2) is 5.70. The van der Waals surface area contributed by atoms with Gasteiger partial charge >= 0.3 is 0 Å². The number of non-ortho nitro benzene ring substituents is 1. The molecular formula is C12H13NO5. The molecule has 0 bridgehead atoms. The SMILES string of the molecule is O=C(COC1CCOC1)c1ccc([N+](=O)[O-])cc1. The van der Waals surface area contributed by atoms with Gasteiger partial charge in [0.2, 0.25) is 0 Å². The van der Waals surface area contributed by atoms with Crippen LogP contribution in [0.4, 0.5) is 5.69 Å². The summed E-state index contributed by atoms with van der Waals surface area (Å²) >= 11 is 0. The molecule has 0 amide bonds. The van der Waals surface area contributed by atoms with Crippen molar-refractivity contribution in [1.82, 2.24) is 0 Å². The molecule has 0 aromatic heterocycles. The predicted octanol–water partition coefficient (Wildman–Crippen LogP) is 1.58. The van der Waals surface area contributed by atoms with Crippen LogP contribution in [0.5, 0.6) is 0 Å². The van der Waals surface area contributed by atoms with Crippen molar-refractivity contribution in [3.05, 3.63) is 39.9 Å². The minimum Gasteiger partial charge on any atom is -0.379 e. The Balaban J connectivity index is 1.89. The van der Waals surface area contributed by atoms with E-state index in [2.05, 4.69) is 0 Å². The molecule has 1 saturated heterocycles. The fourth-order valence-corrected chi connectivity index (χ4v) is 1.69. The molecule has 1 atom stereocenters. The third-order valence-corrected chi connectivity index (χ3v) is 2.74. The number of hydrogen-bond acceptors (Lipinski definition) is 5. The van der Waals surface area contributed by atoms with Crippen LogP contribution in [0.1, 0.15) is 16.8 Å². The number of nitro benzene ring substituents is 1. The van der Waals surface area contributed by atoms with Crippen LogP contribution in [0.2, 0.25) is 0 Å². The number of ether oxygens (including phenoxy) is 2. The summed E-state index contributed by atoms with van der Waals surface area (Å²) in [5.74, 6) is -0.184. The molecule has 0 radical (unpaired) electrons. The molecule has 6 heteroatoms. The quantitative estimate of drug-likeness (QED) is 0.451. The molecule has 96 valence electrons. The van der Waals surface area contributed by atoms with Crippen LogP contribution in [0.25, 0.3) is 0 Å². The largest absolute Gasteiger partial charge is 0.379 e. The maximum absolute atomic E-state index is 11.7. The lowest BCUT2D eigenvalue weighted by Gasteiger charge is -2.08. The van der Waals surface area contributed by atoms with Gasteiger partial charge in [-0.25, -0.2) is 0 Å². The Hall–Kier alpha value is -1.79. The summed E-state index contributed by atoms with van der Waals surface area (Å²) in [5, 5.41) is 10.5. The van der Waals surface area contributed by atoms with Crippen LogP contribution in [-0.2, 0) is 9.47 Å². The number of carbonyl (C=O) groups is 1. The Morgan fingerprint density at radius 1 is 1.44 bits per heavy atom. The highest BCUT2D eigenvalue weighted by Crippen LogP contribution is 2.13. The molecule has 18 heavy (non-hydrogen) atoms. The Bertz CT molecular complexity index is 436. The average Bonchev–Trinajstić information content (AvgIpc) is 2.89. The number of rotatable bonds is 5. The normalized spacial score (nSPS) is 18.8. The van der Waals surface area contributed by atoms with Gasteiger partial charge in [-0.2, -0.15) is 0 Å². The lowest BCUT2D eigenvalue weighted by Crippen LogP contribution is -2.18. The molecule has 1 fully saturated rings. The number of carbonyl (C=O) groups excluding carboxylic acids is 1. The van der Waals surface area contributed by atoms with E-state index in [9.17, 15) is 14.9 Å². The third kappa shape index (κ3) is 3.12. The molecule has 6 nitrogen and oxygen atoms in total. The molecule has 1 aliphatic heterocycles. The Kier molecular flexibility index (Phi) is 4.01. The summed E-state index contributed by atoms with van der Waals surface area (Å²) in [7, 11) is 0. The van der Waals surface area contributed by atoms with Crippen molar-refractivity contribution in [3.8, 4) is 0 Å². The van der Waals surface area contributed by atoms with E-state index < -0.39 is 4.92 Å². The number of hydrogen-bond donors (Lipinski definition) is 0. The Labute approximate surface area is 104 Å². The van der Waals surface area contributed by atoms with Gasteiger partial charge in [-0.3, -0.25) is 14.9 Å². The van der Waals surface area contributed by atoms with E-state index in [0.29, 0.717) is 18.8 Å². The van der Waals surface area contributed by atoms with E-state index >= 15 is 0 Å². The summed E-state index contributed by atoms with van der Waals surface area (Å²) < 4.78 is 10.5. The zero-order valence-corrected chi connectivity index (χ0v) is 9.70. The lowest BCUT2D eigenvalue weighted by molar-refractivity contribution is -0.384. The van der Waals surface area contributed by atoms with E-state index in [1.807, 2.05) is 0 Å². The number of nitrogens with zero attached hydrogens (tertiary/aromatic N) is 1.